The third kappa shape index (κ3) is 3.63. The van der Waals surface area contributed by atoms with Crippen LogP contribution in [0.5, 0.6) is 0 Å². The number of nitrogens with one attached hydrogen (secondary N) is 1. The highest BCUT2D eigenvalue weighted by Crippen LogP contribution is 2.41. The first-order chi connectivity index (χ1) is 13.5. The lowest BCUT2D eigenvalue weighted by atomic mass is 10.1. The third-order valence-electron chi connectivity index (χ3n) is 4.59. The van der Waals surface area contributed by atoms with Crippen molar-refractivity contribution in [2.24, 2.45) is 0 Å². The van der Waals surface area contributed by atoms with Gasteiger partial charge in [0.15, 0.2) is 0 Å². The zero-order valence-electron chi connectivity index (χ0n) is 15.1. The van der Waals surface area contributed by atoms with Crippen LogP contribution in [-0.2, 0) is 6.54 Å². The van der Waals surface area contributed by atoms with E-state index in [-0.39, 0.29) is 11.8 Å². The number of anilines is 1. The van der Waals surface area contributed by atoms with Crippen molar-refractivity contribution in [2.45, 2.75) is 16.3 Å². The van der Waals surface area contributed by atoms with Gasteiger partial charge in [-0.3, -0.25) is 9.59 Å². The number of halogens is 1. The molecule has 0 unspecified atom stereocenters. The molecular weight excluding hydrogens is 392 g/mol. The molecule has 0 saturated carbocycles. The van der Waals surface area contributed by atoms with E-state index in [0.717, 1.165) is 21.0 Å². The summed E-state index contributed by atoms with van der Waals surface area (Å²) in [6.45, 7) is 0.405. The molecule has 1 aliphatic heterocycles. The fourth-order valence-electron chi connectivity index (χ4n) is 3.03. The minimum absolute atomic E-state index is 0.0828. The first kappa shape index (κ1) is 18.6. The average molecular weight is 409 g/mol. The van der Waals surface area contributed by atoms with Crippen LogP contribution in [0.3, 0.4) is 0 Å². The fraction of sp³-hybridized carbons (Fsp3) is 0.0909. The summed E-state index contributed by atoms with van der Waals surface area (Å²) in [7, 11) is 1.74. The van der Waals surface area contributed by atoms with Crippen LogP contribution in [0.15, 0.2) is 76.5 Å². The summed E-state index contributed by atoms with van der Waals surface area (Å²) in [6.07, 6.45) is 0. The lowest BCUT2D eigenvalue weighted by Gasteiger charge is -2.18. The Kier molecular flexibility index (Phi) is 5.11. The van der Waals surface area contributed by atoms with Gasteiger partial charge < -0.3 is 10.2 Å². The Bertz CT molecular complexity index is 1070. The second kappa shape index (κ2) is 7.70. The van der Waals surface area contributed by atoms with Crippen molar-refractivity contribution in [3.05, 3.63) is 88.4 Å². The van der Waals surface area contributed by atoms with Crippen molar-refractivity contribution in [3.8, 4) is 0 Å². The van der Waals surface area contributed by atoms with E-state index in [9.17, 15) is 9.59 Å². The van der Waals surface area contributed by atoms with Crippen molar-refractivity contribution in [1.29, 1.82) is 0 Å². The highest BCUT2D eigenvalue weighted by atomic mass is 35.5. The second-order valence-electron chi connectivity index (χ2n) is 6.45. The van der Waals surface area contributed by atoms with Crippen molar-refractivity contribution in [3.63, 3.8) is 0 Å². The Balaban J connectivity index is 1.57. The lowest BCUT2D eigenvalue weighted by molar-refractivity contribution is 0.0948. The Hall–Kier alpha value is -2.76. The summed E-state index contributed by atoms with van der Waals surface area (Å²) in [5, 5.41) is 3.57. The van der Waals surface area contributed by atoms with Gasteiger partial charge in [0.25, 0.3) is 11.8 Å². The lowest BCUT2D eigenvalue weighted by Crippen LogP contribution is -2.27. The summed E-state index contributed by atoms with van der Waals surface area (Å²) >= 11 is 7.42. The van der Waals surface area contributed by atoms with Crippen molar-refractivity contribution in [2.75, 3.05) is 11.9 Å². The van der Waals surface area contributed by atoms with Gasteiger partial charge in [-0.15, -0.1) is 0 Å². The maximum absolute atomic E-state index is 12.8. The highest BCUT2D eigenvalue weighted by molar-refractivity contribution is 7.99. The van der Waals surface area contributed by atoms with Gasteiger partial charge in [-0.25, -0.2) is 0 Å². The van der Waals surface area contributed by atoms with Gasteiger partial charge in [-0.05, 0) is 48.0 Å². The van der Waals surface area contributed by atoms with Crippen LogP contribution in [0.25, 0.3) is 0 Å². The Morgan fingerprint density at radius 3 is 2.57 bits per heavy atom. The average Bonchev–Trinajstić information content (AvgIpc) is 2.82. The van der Waals surface area contributed by atoms with Gasteiger partial charge >= 0.3 is 0 Å². The molecule has 1 heterocycles. The Morgan fingerprint density at radius 1 is 1.04 bits per heavy atom. The van der Waals surface area contributed by atoms with Crippen LogP contribution in [0.1, 0.15) is 26.3 Å². The van der Waals surface area contributed by atoms with Crippen molar-refractivity contribution >= 4 is 40.9 Å². The molecule has 0 aliphatic carbocycles. The topological polar surface area (TPSA) is 49.4 Å². The van der Waals surface area contributed by atoms with Crippen LogP contribution in [0.4, 0.5) is 5.69 Å². The summed E-state index contributed by atoms with van der Waals surface area (Å²) in [5.74, 6) is -0.272. The zero-order chi connectivity index (χ0) is 19.7. The normalized spacial score (nSPS) is 12.8. The molecule has 3 aromatic rings. The third-order valence-corrected chi connectivity index (χ3v) is 5.98. The number of benzene rings is 3. The number of carbonyl (C=O) groups is 2. The Morgan fingerprint density at radius 2 is 1.79 bits per heavy atom. The van der Waals surface area contributed by atoms with E-state index < -0.39 is 0 Å². The molecule has 4 nitrogen and oxygen atoms in total. The largest absolute Gasteiger partial charge is 0.348 e. The fourth-order valence-corrected chi connectivity index (χ4v) is 4.25. The molecule has 0 aromatic heterocycles. The second-order valence-corrected chi connectivity index (χ2v) is 7.97. The van der Waals surface area contributed by atoms with E-state index in [1.165, 1.54) is 11.8 Å². The Labute approximate surface area is 172 Å². The van der Waals surface area contributed by atoms with E-state index in [4.69, 9.17) is 11.6 Å². The molecular formula is C22H17ClN2O2S. The van der Waals surface area contributed by atoms with E-state index in [1.54, 1.807) is 36.2 Å². The molecule has 0 bridgehead atoms. The number of hydrogen-bond acceptors (Lipinski definition) is 3. The molecule has 0 spiro atoms. The molecule has 0 saturated heterocycles. The quantitative estimate of drug-likeness (QED) is 0.662. The molecule has 1 aliphatic rings. The van der Waals surface area contributed by atoms with Gasteiger partial charge in [-0.2, -0.15) is 0 Å². The van der Waals surface area contributed by atoms with Crippen LogP contribution in [0, 0.1) is 0 Å². The molecule has 3 aromatic carbocycles. The van der Waals surface area contributed by atoms with Gasteiger partial charge in [0, 0.05) is 34.0 Å². The number of amides is 2. The molecule has 0 fully saturated rings. The molecule has 2 amide bonds. The molecule has 0 atom stereocenters. The molecule has 0 radical (unpaired) electrons. The number of nitrogens with zero attached hydrogens (tertiary/aromatic N) is 1. The number of fused-ring (bicyclic) bond motifs is 2. The van der Waals surface area contributed by atoms with Crippen LogP contribution in [-0.4, -0.2) is 18.9 Å². The summed E-state index contributed by atoms with van der Waals surface area (Å²) in [4.78, 5) is 28.9. The number of rotatable bonds is 3. The monoisotopic (exact) mass is 408 g/mol. The molecule has 4 rings (SSSR count). The van der Waals surface area contributed by atoms with Gasteiger partial charge in [0.2, 0.25) is 0 Å². The van der Waals surface area contributed by atoms with Crippen LogP contribution < -0.4 is 10.2 Å². The van der Waals surface area contributed by atoms with Crippen molar-refractivity contribution in [1.82, 2.24) is 5.32 Å². The van der Waals surface area contributed by atoms with Gasteiger partial charge in [0.1, 0.15) is 0 Å². The predicted molar refractivity (Wildman–Crippen MR) is 112 cm³/mol. The van der Waals surface area contributed by atoms with E-state index in [2.05, 4.69) is 5.32 Å². The minimum atomic E-state index is -0.189. The molecule has 6 heteroatoms. The van der Waals surface area contributed by atoms with Gasteiger partial charge in [-0.1, -0.05) is 47.6 Å². The van der Waals surface area contributed by atoms with E-state index in [0.29, 0.717) is 22.7 Å². The SMILES string of the molecule is CN1C(=O)c2ccccc2Sc2ccc(C(=O)NCc3ccc(Cl)cc3)cc21. The maximum Gasteiger partial charge on any atom is 0.259 e. The van der Waals surface area contributed by atoms with E-state index >= 15 is 0 Å². The van der Waals surface area contributed by atoms with Crippen molar-refractivity contribution < 1.29 is 9.59 Å². The smallest absolute Gasteiger partial charge is 0.259 e. The number of hydrogen-bond donors (Lipinski definition) is 1. The standard InChI is InChI=1S/C22H17ClN2O2S/c1-25-18-12-15(21(26)24-13-14-6-9-16(23)10-7-14)8-11-20(18)28-19-5-3-2-4-17(19)22(25)27/h2-12H,13H2,1H3,(H,24,26). The first-order valence-electron chi connectivity index (χ1n) is 8.74. The predicted octanol–water partition coefficient (Wildman–Crippen LogP) is 5.01. The zero-order valence-corrected chi connectivity index (χ0v) is 16.7. The minimum Gasteiger partial charge on any atom is -0.348 e. The molecule has 140 valence electrons. The highest BCUT2D eigenvalue weighted by Gasteiger charge is 2.25. The summed E-state index contributed by atoms with van der Waals surface area (Å²) < 4.78 is 0. The molecule has 1 N–H and O–H groups in total. The summed E-state index contributed by atoms with van der Waals surface area (Å²) in [5.41, 5.74) is 2.87. The maximum atomic E-state index is 12.8. The van der Waals surface area contributed by atoms with Gasteiger partial charge in [0.05, 0.1) is 11.3 Å². The van der Waals surface area contributed by atoms with E-state index in [1.807, 2.05) is 42.5 Å². The summed E-state index contributed by atoms with van der Waals surface area (Å²) in [6, 6.07) is 20.3. The van der Waals surface area contributed by atoms with Crippen LogP contribution in [0.2, 0.25) is 5.02 Å². The van der Waals surface area contributed by atoms with Crippen LogP contribution >= 0.6 is 23.4 Å². The number of carbonyl (C=O) groups excluding carboxylic acids is 2. The first-order valence-corrected chi connectivity index (χ1v) is 9.94. The molecule has 28 heavy (non-hydrogen) atoms.